The second-order valence-corrected chi connectivity index (χ2v) is 13.1. The third-order valence-electron chi connectivity index (χ3n) is 10.9. The molecule has 0 aromatic heterocycles. The van der Waals surface area contributed by atoms with E-state index in [0.29, 0.717) is 19.3 Å². The number of amides is 1. The highest BCUT2D eigenvalue weighted by atomic mass is 16.7. The van der Waals surface area contributed by atoms with Gasteiger partial charge in [-0.1, -0.05) is 19.4 Å². The third kappa shape index (κ3) is 5.56. The number of allylic oxidation sites excluding steroid dienone is 1. The largest absolute Gasteiger partial charge is 0.469 e. The van der Waals surface area contributed by atoms with Gasteiger partial charge in [0.15, 0.2) is 12.1 Å². The smallest absolute Gasteiger partial charge is 0.314 e. The first-order valence-electron chi connectivity index (χ1n) is 15.0. The van der Waals surface area contributed by atoms with Crippen LogP contribution in [0.25, 0.3) is 0 Å². The maximum atomic E-state index is 14.2. The zero-order valence-corrected chi connectivity index (χ0v) is 25.5. The fraction of sp³-hybridized carbons (Fsp3) is 0.833. The Morgan fingerprint density at radius 1 is 1.09 bits per heavy atom. The Bertz CT molecular complexity index is 1100. The highest BCUT2D eigenvalue weighted by Crippen LogP contribution is 2.64. The summed E-state index contributed by atoms with van der Waals surface area (Å²) in [5.74, 6) is -3.53. The minimum atomic E-state index is -1.70. The van der Waals surface area contributed by atoms with E-state index < -0.39 is 83.9 Å². The van der Waals surface area contributed by atoms with Crippen molar-refractivity contribution in [3.05, 3.63) is 11.6 Å². The lowest BCUT2D eigenvalue weighted by molar-refractivity contribution is -0.327. The van der Waals surface area contributed by atoms with Gasteiger partial charge in [0, 0.05) is 31.5 Å². The Balaban J connectivity index is 1.67. The third-order valence-corrected chi connectivity index (χ3v) is 10.9. The molecule has 0 aromatic rings. The molecule has 3 saturated carbocycles. The van der Waals surface area contributed by atoms with Gasteiger partial charge in [0.05, 0.1) is 26.4 Å². The van der Waals surface area contributed by atoms with Gasteiger partial charge in [0.25, 0.3) is 0 Å². The van der Waals surface area contributed by atoms with E-state index in [1.54, 1.807) is 14.0 Å². The first kappa shape index (κ1) is 33.9. The number of rotatable bonds is 7. The van der Waals surface area contributed by atoms with Gasteiger partial charge in [0.1, 0.15) is 35.9 Å². The monoisotopic (exact) mass is 613 g/mol. The van der Waals surface area contributed by atoms with Crippen LogP contribution >= 0.6 is 0 Å². The number of ketones is 1. The quantitative estimate of drug-likeness (QED) is 0.113. The molecule has 13 heteroatoms. The fourth-order valence-electron chi connectivity index (χ4n) is 8.49. The summed E-state index contributed by atoms with van der Waals surface area (Å²) >= 11 is 0. The molecule has 0 unspecified atom stereocenters. The molecule has 43 heavy (non-hydrogen) atoms. The molecule has 0 bridgehead atoms. The van der Waals surface area contributed by atoms with Crippen molar-refractivity contribution in [1.82, 2.24) is 4.90 Å². The van der Waals surface area contributed by atoms with E-state index in [-0.39, 0.29) is 37.3 Å². The summed E-state index contributed by atoms with van der Waals surface area (Å²) < 4.78 is 16.9. The zero-order chi connectivity index (χ0) is 32.0. The maximum Gasteiger partial charge on any atom is 0.314 e. The van der Waals surface area contributed by atoms with Crippen LogP contribution in [0.1, 0.15) is 46.5 Å². The van der Waals surface area contributed by atoms with E-state index in [0.717, 1.165) is 5.57 Å². The van der Waals surface area contributed by atoms with Crippen molar-refractivity contribution >= 4 is 17.7 Å². The number of carbonyl (C=O) groups is 3. The summed E-state index contributed by atoms with van der Waals surface area (Å²) in [6, 6.07) is 0. The molecule has 13 atom stereocenters. The predicted molar refractivity (Wildman–Crippen MR) is 149 cm³/mol. The van der Waals surface area contributed by atoms with Gasteiger partial charge in [0.2, 0.25) is 5.91 Å². The van der Waals surface area contributed by atoms with Gasteiger partial charge < -0.3 is 49.7 Å². The molecule has 244 valence electrons. The van der Waals surface area contributed by atoms with Gasteiger partial charge in [-0.2, -0.15) is 0 Å². The molecule has 1 heterocycles. The number of hydrogen-bond donors (Lipinski definition) is 6. The number of Topliss-reactive ketones (excluding diaryl/α,β-unsaturated/α-hetero) is 1. The van der Waals surface area contributed by atoms with E-state index in [4.69, 9.17) is 14.2 Å². The molecule has 13 nitrogen and oxygen atoms in total. The van der Waals surface area contributed by atoms with Crippen LogP contribution in [0.4, 0.5) is 0 Å². The summed E-state index contributed by atoms with van der Waals surface area (Å²) in [5.41, 5.74) is -1.55. The lowest BCUT2D eigenvalue weighted by Crippen LogP contribution is -2.69. The number of likely N-dealkylation sites (N-methyl/N-ethyl adjacent to an activating group) is 1. The van der Waals surface area contributed by atoms with E-state index >= 15 is 0 Å². The van der Waals surface area contributed by atoms with Gasteiger partial charge in [-0.15, -0.1) is 0 Å². The molecule has 3 aliphatic carbocycles. The Morgan fingerprint density at radius 3 is 2.37 bits per heavy atom. The normalized spacial score (nSPS) is 45.7. The molecule has 0 radical (unpaired) electrons. The van der Waals surface area contributed by atoms with E-state index in [9.17, 15) is 45.0 Å². The van der Waals surface area contributed by atoms with Crippen LogP contribution in [-0.2, 0) is 28.6 Å². The first-order chi connectivity index (χ1) is 20.2. The lowest BCUT2D eigenvalue weighted by Gasteiger charge is -2.63. The number of methoxy groups -OCH3 is 1. The van der Waals surface area contributed by atoms with Gasteiger partial charge in [-0.3, -0.25) is 14.4 Å². The standard InChI is InChI=1S/C30H47NO12/c1-14-15(12-19(34)31(4)10-11-32)6-7-16-20(14)22(36)24(38)26-29(16,2)9-8-18(30(26,3)28(40)41-5)43-27-25(39)23(37)21(35)17(13-33)42-27/h12,14,16-18,20-23,25-27,32-33,35-37,39H,6-11,13H2,1-5H3/b15-12+/t14-,16-,17+,18-,20-,21+,22+,23-,25+,26+,27-,29+,30-/m0/s1. The number of aliphatic hydroxyl groups excluding tert-OH is 6. The van der Waals surface area contributed by atoms with Crippen LogP contribution in [0.5, 0.6) is 0 Å². The van der Waals surface area contributed by atoms with Crippen LogP contribution < -0.4 is 0 Å². The highest BCUT2D eigenvalue weighted by Gasteiger charge is 2.69. The molecule has 4 rings (SSSR count). The Morgan fingerprint density at radius 2 is 1.77 bits per heavy atom. The molecular formula is C30H47NO12. The van der Waals surface area contributed by atoms with Crippen molar-refractivity contribution < 1.29 is 59.2 Å². The second-order valence-electron chi connectivity index (χ2n) is 13.1. The average molecular weight is 614 g/mol. The van der Waals surface area contributed by atoms with Crippen LogP contribution in [0.2, 0.25) is 0 Å². The number of fused-ring (bicyclic) bond motifs is 3. The summed E-state index contributed by atoms with van der Waals surface area (Å²) in [6.07, 6.45) is -6.84. The summed E-state index contributed by atoms with van der Waals surface area (Å²) in [4.78, 5) is 41.9. The van der Waals surface area contributed by atoms with Crippen molar-refractivity contribution in [1.29, 1.82) is 0 Å². The van der Waals surface area contributed by atoms with Crippen LogP contribution in [0.15, 0.2) is 11.6 Å². The summed E-state index contributed by atoms with van der Waals surface area (Å²) in [6.45, 7) is 4.76. The molecule has 0 spiro atoms. The zero-order valence-electron chi connectivity index (χ0n) is 25.5. The molecule has 6 N–H and O–H groups in total. The predicted octanol–water partition coefficient (Wildman–Crippen LogP) is -1.25. The van der Waals surface area contributed by atoms with Crippen molar-refractivity contribution in [2.45, 2.75) is 89.4 Å². The second kappa shape index (κ2) is 12.8. The number of carbonyl (C=O) groups excluding carboxylic acids is 3. The number of aliphatic hydroxyl groups is 6. The van der Waals surface area contributed by atoms with Crippen LogP contribution in [0.3, 0.4) is 0 Å². The molecule has 4 aliphatic rings. The van der Waals surface area contributed by atoms with E-state index in [1.807, 2.05) is 13.8 Å². The van der Waals surface area contributed by atoms with Crippen molar-refractivity contribution in [3.63, 3.8) is 0 Å². The first-order valence-corrected chi connectivity index (χ1v) is 15.0. The topological polar surface area (TPSA) is 204 Å². The molecule has 1 saturated heterocycles. The van der Waals surface area contributed by atoms with E-state index in [2.05, 4.69) is 0 Å². The van der Waals surface area contributed by atoms with Crippen molar-refractivity contribution in [3.8, 4) is 0 Å². The number of esters is 1. The maximum absolute atomic E-state index is 14.2. The Hall–Kier alpha value is -1.97. The van der Waals surface area contributed by atoms with E-state index in [1.165, 1.54) is 18.1 Å². The molecule has 1 amide bonds. The highest BCUT2D eigenvalue weighted by molar-refractivity contribution is 5.94. The van der Waals surface area contributed by atoms with Gasteiger partial charge >= 0.3 is 5.97 Å². The van der Waals surface area contributed by atoms with Crippen molar-refractivity contribution in [2.75, 3.05) is 33.9 Å². The van der Waals surface area contributed by atoms with Crippen LogP contribution in [0, 0.1) is 34.5 Å². The number of nitrogens with zero attached hydrogens (tertiary/aromatic N) is 1. The number of hydrogen-bond acceptors (Lipinski definition) is 12. The summed E-state index contributed by atoms with van der Waals surface area (Å²) in [5, 5.41) is 61.4. The Kier molecular flexibility index (Phi) is 10.1. The fourth-order valence-corrected chi connectivity index (χ4v) is 8.49. The number of ether oxygens (including phenoxy) is 3. The van der Waals surface area contributed by atoms with Crippen molar-refractivity contribution in [2.24, 2.45) is 34.5 Å². The SMILES string of the molecule is COC(=O)[C@@]1(C)[C@@H](O[C@@H]2O[C@H](CO)[C@@H](O)[C@H](O)[C@H]2O)CC[C@@]2(C)[C@H]1C(=O)[C@H](O)[C@H]1[C@@H](C)/C(=C/C(=O)N(C)CCO)CC[C@@H]12. The minimum Gasteiger partial charge on any atom is -0.469 e. The molecular weight excluding hydrogens is 566 g/mol. The lowest BCUT2D eigenvalue weighted by atomic mass is 9.41. The van der Waals surface area contributed by atoms with Gasteiger partial charge in [-0.05, 0) is 49.9 Å². The van der Waals surface area contributed by atoms with Crippen LogP contribution in [-0.4, -0.2) is 130 Å². The van der Waals surface area contributed by atoms with Gasteiger partial charge in [-0.25, -0.2) is 0 Å². The minimum absolute atomic E-state index is 0.168. The average Bonchev–Trinajstić information content (AvgIpc) is 2.98. The molecule has 0 aromatic carbocycles. The summed E-state index contributed by atoms with van der Waals surface area (Å²) in [7, 11) is 2.79. The molecule has 1 aliphatic heterocycles. The Labute approximate surface area is 251 Å². The molecule has 4 fully saturated rings.